The minimum Gasteiger partial charge on any atom is -0.388 e. The Morgan fingerprint density at radius 3 is 2.81 bits per heavy atom. The van der Waals surface area contributed by atoms with Gasteiger partial charge in [0.15, 0.2) is 0 Å². The van der Waals surface area contributed by atoms with Crippen LogP contribution < -0.4 is 0 Å². The summed E-state index contributed by atoms with van der Waals surface area (Å²) in [6.45, 7) is 0.339. The van der Waals surface area contributed by atoms with E-state index in [4.69, 9.17) is 0 Å². The first kappa shape index (κ1) is 11.1. The Balaban J connectivity index is 2.32. The van der Waals surface area contributed by atoms with Crippen LogP contribution in [-0.2, 0) is 13.2 Å². The Kier molecular flexibility index (Phi) is 3.51. The molecule has 0 atom stereocenters. The van der Waals surface area contributed by atoms with Crippen molar-refractivity contribution in [2.45, 2.75) is 26.0 Å². The van der Waals surface area contributed by atoms with Crippen LogP contribution in [0.4, 0.5) is 4.39 Å². The molecule has 0 spiro atoms. The number of alkyl halides is 1. The van der Waals surface area contributed by atoms with Crippen LogP contribution >= 0.6 is 0 Å². The highest BCUT2D eigenvalue weighted by Gasteiger charge is 2.08. The van der Waals surface area contributed by atoms with Gasteiger partial charge in [0.25, 0.3) is 0 Å². The van der Waals surface area contributed by atoms with Crippen LogP contribution in [0.1, 0.15) is 18.7 Å². The van der Waals surface area contributed by atoms with Gasteiger partial charge in [-0.05, 0) is 25.0 Å². The molecule has 2 rings (SSSR count). The zero-order valence-electron chi connectivity index (χ0n) is 9.06. The maximum Gasteiger partial charge on any atom is 0.135 e. The molecule has 16 heavy (non-hydrogen) atoms. The number of aromatic nitrogens is 2. The van der Waals surface area contributed by atoms with Crippen molar-refractivity contribution >= 4 is 11.0 Å². The number of aryl methyl sites for hydroxylation is 1. The van der Waals surface area contributed by atoms with Crippen molar-refractivity contribution < 1.29 is 9.50 Å². The average Bonchev–Trinajstić information content (AvgIpc) is 2.68. The lowest BCUT2D eigenvalue weighted by Gasteiger charge is -2.06. The summed E-state index contributed by atoms with van der Waals surface area (Å²) in [5.74, 6) is 0.653. The van der Waals surface area contributed by atoms with Crippen molar-refractivity contribution in [1.29, 1.82) is 0 Å². The number of hydrogen-bond acceptors (Lipinski definition) is 2. The number of unbranched alkanes of at least 4 members (excludes halogenated alkanes) is 1. The molecule has 0 bridgehead atoms. The first-order valence-corrected chi connectivity index (χ1v) is 5.48. The highest BCUT2D eigenvalue weighted by atomic mass is 19.1. The highest BCUT2D eigenvalue weighted by Crippen LogP contribution is 2.16. The maximum atomic E-state index is 12.0. The van der Waals surface area contributed by atoms with Crippen molar-refractivity contribution in [3.63, 3.8) is 0 Å². The third kappa shape index (κ3) is 2.07. The normalized spacial score (nSPS) is 11.1. The van der Waals surface area contributed by atoms with Crippen molar-refractivity contribution in [3.8, 4) is 0 Å². The Morgan fingerprint density at radius 2 is 2.06 bits per heavy atom. The Labute approximate surface area is 93.5 Å². The second kappa shape index (κ2) is 5.07. The lowest BCUT2D eigenvalue weighted by molar-refractivity contribution is 0.265. The molecule has 0 radical (unpaired) electrons. The lowest BCUT2D eigenvalue weighted by atomic mass is 10.3. The monoisotopic (exact) mass is 222 g/mol. The summed E-state index contributed by atoms with van der Waals surface area (Å²) in [5, 5.41) is 9.22. The van der Waals surface area contributed by atoms with Gasteiger partial charge in [0.1, 0.15) is 12.4 Å². The molecule has 1 N–H and O–H groups in total. The fraction of sp³-hybridized carbons (Fsp3) is 0.417. The second-order valence-corrected chi connectivity index (χ2v) is 3.72. The quantitative estimate of drug-likeness (QED) is 0.788. The van der Waals surface area contributed by atoms with Crippen molar-refractivity contribution in [2.75, 3.05) is 6.67 Å². The maximum absolute atomic E-state index is 12.0. The van der Waals surface area contributed by atoms with Crippen LogP contribution in [0, 0.1) is 0 Å². The smallest absolute Gasteiger partial charge is 0.135 e. The molecule has 0 amide bonds. The van der Waals surface area contributed by atoms with Gasteiger partial charge in [0.2, 0.25) is 0 Å². The van der Waals surface area contributed by atoms with Crippen molar-refractivity contribution in [2.24, 2.45) is 0 Å². The zero-order valence-corrected chi connectivity index (χ0v) is 9.06. The number of hydrogen-bond donors (Lipinski definition) is 1. The molecule has 86 valence electrons. The van der Waals surface area contributed by atoms with E-state index in [1.165, 1.54) is 0 Å². The highest BCUT2D eigenvalue weighted by molar-refractivity contribution is 5.75. The van der Waals surface area contributed by atoms with Gasteiger partial charge in [0, 0.05) is 6.54 Å². The Hall–Kier alpha value is -1.42. The van der Waals surface area contributed by atoms with Gasteiger partial charge in [-0.15, -0.1) is 0 Å². The van der Waals surface area contributed by atoms with Crippen LogP contribution in [-0.4, -0.2) is 21.3 Å². The van der Waals surface area contributed by atoms with E-state index in [0.717, 1.165) is 17.5 Å². The Morgan fingerprint density at radius 1 is 1.25 bits per heavy atom. The zero-order chi connectivity index (χ0) is 11.4. The van der Waals surface area contributed by atoms with Gasteiger partial charge in [-0.3, -0.25) is 4.39 Å². The summed E-state index contributed by atoms with van der Waals surface area (Å²) in [7, 11) is 0. The number of fused-ring (bicyclic) bond motifs is 1. The summed E-state index contributed by atoms with van der Waals surface area (Å²) in [4.78, 5) is 4.33. The molecule has 0 aliphatic heterocycles. The minimum atomic E-state index is -0.291. The number of aliphatic hydroxyl groups excluding tert-OH is 1. The number of aliphatic hydroxyl groups is 1. The largest absolute Gasteiger partial charge is 0.388 e. The molecule has 1 heterocycles. The van der Waals surface area contributed by atoms with Crippen LogP contribution in [0.25, 0.3) is 11.0 Å². The van der Waals surface area contributed by atoms with Crippen LogP contribution in [0.2, 0.25) is 0 Å². The first-order valence-electron chi connectivity index (χ1n) is 5.48. The summed E-state index contributed by atoms with van der Waals surface area (Å²) in [5.41, 5.74) is 1.89. The van der Waals surface area contributed by atoms with E-state index in [9.17, 15) is 9.50 Å². The van der Waals surface area contributed by atoms with E-state index in [-0.39, 0.29) is 13.3 Å². The summed E-state index contributed by atoms with van der Waals surface area (Å²) >= 11 is 0. The molecule has 1 aromatic heterocycles. The van der Waals surface area contributed by atoms with Gasteiger partial charge < -0.3 is 9.67 Å². The fourth-order valence-electron chi connectivity index (χ4n) is 1.86. The topological polar surface area (TPSA) is 38.1 Å². The van der Waals surface area contributed by atoms with Crippen molar-refractivity contribution in [1.82, 2.24) is 9.55 Å². The molecule has 0 saturated heterocycles. The first-order chi connectivity index (χ1) is 7.86. The molecule has 4 heteroatoms. The number of halogens is 1. The molecule has 0 aliphatic rings. The number of benzene rings is 1. The molecule has 0 aliphatic carbocycles. The molecular formula is C12H15FN2O. The van der Waals surface area contributed by atoms with E-state index in [1.54, 1.807) is 0 Å². The standard InChI is InChI=1S/C12H15FN2O/c13-7-3-4-8-15-11-6-2-1-5-10(11)14-12(15)9-16/h1-2,5-6,16H,3-4,7-9H2. The van der Waals surface area contributed by atoms with E-state index in [1.807, 2.05) is 28.8 Å². The molecule has 1 aromatic carbocycles. The molecule has 3 nitrogen and oxygen atoms in total. The van der Waals surface area contributed by atoms with E-state index in [2.05, 4.69) is 4.98 Å². The summed E-state index contributed by atoms with van der Waals surface area (Å²) in [6.07, 6.45) is 1.32. The molecule has 2 aromatic rings. The summed E-state index contributed by atoms with van der Waals surface area (Å²) < 4.78 is 14.0. The van der Waals surface area contributed by atoms with E-state index in [0.29, 0.717) is 18.8 Å². The SMILES string of the molecule is OCc1nc2ccccc2n1CCCCF. The average molecular weight is 222 g/mol. The lowest BCUT2D eigenvalue weighted by Crippen LogP contribution is -2.04. The van der Waals surface area contributed by atoms with E-state index < -0.39 is 0 Å². The minimum absolute atomic E-state index is 0.0791. The van der Waals surface area contributed by atoms with Gasteiger partial charge in [-0.1, -0.05) is 12.1 Å². The van der Waals surface area contributed by atoms with E-state index >= 15 is 0 Å². The number of imidazole rings is 1. The molecule has 0 unspecified atom stereocenters. The third-order valence-electron chi connectivity index (χ3n) is 2.64. The predicted molar refractivity (Wildman–Crippen MR) is 60.9 cm³/mol. The van der Waals surface area contributed by atoms with Gasteiger partial charge >= 0.3 is 0 Å². The predicted octanol–water partition coefficient (Wildman–Crippen LogP) is 2.28. The fourth-order valence-corrected chi connectivity index (χ4v) is 1.86. The molecule has 0 fully saturated rings. The van der Waals surface area contributed by atoms with Crippen molar-refractivity contribution in [3.05, 3.63) is 30.1 Å². The van der Waals surface area contributed by atoms with Crippen LogP contribution in [0.5, 0.6) is 0 Å². The number of rotatable bonds is 5. The number of para-hydroxylation sites is 2. The van der Waals surface area contributed by atoms with Crippen LogP contribution in [0.15, 0.2) is 24.3 Å². The molecule has 0 saturated carbocycles. The second-order valence-electron chi connectivity index (χ2n) is 3.72. The summed E-state index contributed by atoms with van der Waals surface area (Å²) in [6, 6.07) is 7.75. The Bertz CT molecular complexity index is 467. The van der Waals surface area contributed by atoms with Crippen LogP contribution in [0.3, 0.4) is 0 Å². The van der Waals surface area contributed by atoms with Gasteiger partial charge in [0.05, 0.1) is 17.7 Å². The molecular weight excluding hydrogens is 207 g/mol. The van der Waals surface area contributed by atoms with Gasteiger partial charge in [-0.25, -0.2) is 4.98 Å². The third-order valence-corrected chi connectivity index (χ3v) is 2.64. The number of nitrogens with zero attached hydrogens (tertiary/aromatic N) is 2. The van der Waals surface area contributed by atoms with Gasteiger partial charge in [-0.2, -0.15) is 0 Å².